The number of alkyl halides is 1. The Hall–Kier alpha value is -0.900. The largest absolute Gasteiger partial charge is 0.359 e. The monoisotopic (exact) mass is 406 g/mol. The molecule has 2 rings (SSSR count). The highest BCUT2D eigenvalue weighted by Crippen LogP contribution is 2.54. The molecule has 0 amide bonds. The average Bonchev–Trinajstić information content (AvgIpc) is 2.51. The zero-order valence-electron chi connectivity index (χ0n) is 16.5. The number of ether oxygens (including phenoxy) is 2. The van der Waals surface area contributed by atoms with E-state index < -0.39 is 4.51 Å². The van der Waals surface area contributed by atoms with E-state index in [0.29, 0.717) is 0 Å². The minimum atomic E-state index is -0.628. The molecular formula is C22H31BrO2. The zero-order chi connectivity index (χ0) is 18.9. The number of allylic oxidation sites excluding steroid dienone is 2. The molecule has 0 heterocycles. The quantitative estimate of drug-likeness (QED) is 0.423. The Morgan fingerprint density at radius 2 is 1.64 bits per heavy atom. The van der Waals surface area contributed by atoms with Crippen LogP contribution in [-0.2, 0) is 9.47 Å². The molecule has 0 saturated heterocycles. The molecular weight excluding hydrogens is 376 g/mol. The summed E-state index contributed by atoms with van der Waals surface area (Å²) in [6.07, 6.45) is 4.65. The van der Waals surface area contributed by atoms with Gasteiger partial charge in [0.1, 0.15) is 6.79 Å². The summed E-state index contributed by atoms with van der Waals surface area (Å²) in [5, 5.41) is 0. The lowest BCUT2D eigenvalue weighted by molar-refractivity contribution is -0.0890. The summed E-state index contributed by atoms with van der Waals surface area (Å²) in [7, 11) is 1.66. The second kappa shape index (κ2) is 7.38. The molecule has 0 radical (unpaired) electrons. The number of hydrogen-bond donors (Lipinski definition) is 0. The van der Waals surface area contributed by atoms with E-state index in [1.54, 1.807) is 7.11 Å². The van der Waals surface area contributed by atoms with E-state index in [1.165, 1.54) is 11.1 Å². The smallest absolute Gasteiger partial charge is 0.158 e. The molecule has 138 valence electrons. The van der Waals surface area contributed by atoms with Gasteiger partial charge in [0.25, 0.3) is 0 Å². The van der Waals surface area contributed by atoms with Crippen molar-refractivity contribution in [2.75, 3.05) is 13.9 Å². The Labute approximate surface area is 161 Å². The summed E-state index contributed by atoms with van der Waals surface area (Å²) in [4.78, 5) is 0. The molecule has 0 aliphatic heterocycles. The second-order valence-corrected chi connectivity index (χ2v) is 10.0. The van der Waals surface area contributed by atoms with Crippen molar-refractivity contribution in [2.24, 2.45) is 16.7 Å². The van der Waals surface area contributed by atoms with E-state index >= 15 is 0 Å². The molecule has 0 fully saturated rings. The Kier molecular flexibility index (Phi) is 6.03. The Balaban J connectivity index is 2.67. The molecule has 1 aromatic carbocycles. The van der Waals surface area contributed by atoms with Gasteiger partial charge in [-0.2, -0.15) is 0 Å². The fraction of sp³-hybridized carbons (Fsp3) is 0.545. The van der Waals surface area contributed by atoms with E-state index in [0.717, 1.165) is 5.57 Å². The summed E-state index contributed by atoms with van der Waals surface area (Å²) in [5.74, 6) is 0.157. The molecule has 1 aliphatic carbocycles. The maximum Gasteiger partial charge on any atom is 0.158 e. The van der Waals surface area contributed by atoms with Crippen molar-refractivity contribution in [2.45, 2.75) is 46.1 Å². The van der Waals surface area contributed by atoms with Gasteiger partial charge in [-0.25, -0.2) is 0 Å². The standard InChI is InChI=1S/C22H31BrO2/c1-20(2,3)17-13-18(16-11-9-8-10-12-16)22(23,25-15-24-7)19(14-17)21(4,5)6/h8-14,19H,15H2,1-7H3. The third-order valence-corrected chi connectivity index (χ3v) is 5.83. The molecule has 1 aromatic rings. The number of benzene rings is 1. The topological polar surface area (TPSA) is 18.5 Å². The van der Waals surface area contributed by atoms with Crippen LogP contribution >= 0.6 is 15.9 Å². The van der Waals surface area contributed by atoms with Crippen molar-refractivity contribution in [1.29, 1.82) is 0 Å². The minimum Gasteiger partial charge on any atom is -0.359 e. The van der Waals surface area contributed by atoms with Crippen LogP contribution in [0.25, 0.3) is 5.57 Å². The van der Waals surface area contributed by atoms with Gasteiger partial charge >= 0.3 is 0 Å². The van der Waals surface area contributed by atoms with Crippen LogP contribution < -0.4 is 0 Å². The number of halogens is 1. The van der Waals surface area contributed by atoms with E-state index in [-0.39, 0.29) is 23.5 Å². The van der Waals surface area contributed by atoms with Crippen LogP contribution in [0.2, 0.25) is 0 Å². The van der Waals surface area contributed by atoms with Crippen LogP contribution in [0.1, 0.15) is 47.1 Å². The normalized spacial score (nSPS) is 24.7. The van der Waals surface area contributed by atoms with Crippen molar-refractivity contribution in [3.8, 4) is 0 Å². The van der Waals surface area contributed by atoms with Gasteiger partial charge in [0, 0.05) is 18.6 Å². The first-order valence-electron chi connectivity index (χ1n) is 8.82. The first-order chi connectivity index (χ1) is 11.5. The molecule has 0 bridgehead atoms. The fourth-order valence-electron chi connectivity index (χ4n) is 3.24. The van der Waals surface area contributed by atoms with Gasteiger partial charge in [-0.15, -0.1) is 0 Å². The highest BCUT2D eigenvalue weighted by molar-refractivity contribution is 9.10. The van der Waals surface area contributed by atoms with Gasteiger partial charge < -0.3 is 9.47 Å². The summed E-state index contributed by atoms with van der Waals surface area (Å²) in [6.45, 7) is 13.8. The first-order valence-corrected chi connectivity index (χ1v) is 9.61. The van der Waals surface area contributed by atoms with Crippen LogP contribution in [0.5, 0.6) is 0 Å². The SMILES string of the molecule is COCOC1(Br)C(c2ccccc2)=CC(C(C)(C)C)=CC1C(C)(C)C. The molecule has 0 saturated carbocycles. The van der Waals surface area contributed by atoms with Crippen LogP contribution in [0.4, 0.5) is 0 Å². The molecule has 25 heavy (non-hydrogen) atoms. The predicted molar refractivity (Wildman–Crippen MR) is 110 cm³/mol. The molecule has 2 unspecified atom stereocenters. The van der Waals surface area contributed by atoms with Gasteiger partial charge in [-0.05, 0) is 37.9 Å². The van der Waals surface area contributed by atoms with E-state index in [4.69, 9.17) is 9.47 Å². The van der Waals surface area contributed by atoms with Crippen molar-refractivity contribution < 1.29 is 9.47 Å². The molecule has 0 aromatic heterocycles. The van der Waals surface area contributed by atoms with Crippen molar-refractivity contribution in [3.05, 3.63) is 53.6 Å². The molecule has 3 heteroatoms. The lowest BCUT2D eigenvalue weighted by Gasteiger charge is -2.46. The lowest BCUT2D eigenvalue weighted by Crippen LogP contribution is -2.44. The van der Waals surface area contributed by atoms with Gasteiger partial charge in [-0.3, -0.25) is 0 Å². The predicted octanol–water partition coefficient (Wildman–Crippen LogP) is 6.43. The molecule has 1 aliphatic rings. The van der Waals surface area contributed by atoms with Gasteiger partial charge in [0.15, 0.2) is 4.51 Å². The Bertz CT molecular complexity index is 647. The maximum absolute atomic E-state index is 6.27. The molecule has 0 spiro atoms. The highest BCUT2D eigenvalue weighted by atomic mass is 79.9. The molecule has 2 atom stereocenters. The van der Waals surface area contributed by atoms with Crippen LogP contribution in [-0.4, -0.2) is 18.4 Å². The fourth-order valence-corrected chi connectivity index (χ4v) is 4.50. The maximum atomic E-state index is 6.27. The summed E-state index contributed by atoms with van der Waals surface area (Å²) < 4.78 is 10.9. The van der Waals surface area contributed by atoms with Crippen LogP contribution in [0.3, 0.4) is 0 Å². The summed E-state index contributed by atoms with van der Waals surface area (Å²) >= 11 is 3.98. The number of hydrogen-bond acceptors (Lipinski definition) is 2. The first kappa shape index (κ1) is 20.4. The third-order valence-electron chi connectivity index (χ3n) is 4.68. The molecule has 0 N–H and O–H groups in total. The van der Waals surface area contributed by atoms with Crippen molar-refractivity contribution in [3.63, 3.8) is 0 Å². The minimum absolute atomic E-state index is 0.0159. The number of methoxy groups -OCH3 is 1. The summed E-state index contributed by atoms with van der Waals surface area (Å²) in [5.41, 5.74) is 3.74. The zero-order valence-corrected chi connectivity index (χ0v) is 18.1. The highest BCUT2D eigenvalue weighted by Gasteiger charge is 2.48. The Morgan fingerprint density at radius 1 is 1.04 bits per heavy atom. The van der Waals surface area contributed by atoms with Gasteiger partial charge in [-0.1, -0.05) is 84.0 Å². The van der Waals surface area contributed by atoms with Crippen LogP contribution in [0.15, 0.2) is 48.1 Å². The van der Waals surface area contributed by atoms with Crippen LogP contribution in [0, 0.1) is 16.7 Å². The average molecular weight is 407 g/mol. The van der Waals surface area contributed by atoms with E-state index in [2.05, 4.69) is 93.9 Å². The molecule has 2 nitrogen and oxygen atoms in total. The van der Waals surface area contributed by atoms with Crippen molar-refractivity contribution >= 4 is 21.5 Å². The van der Waals surface area contributed by atoms with Gasteiger partial charge in [0.05, 0.1) is 0 Å². The number of rotatable bonds is 4. The third kappa shape index (κ3) is 4.45. The summed E-state index contributed by atoms with van der Waals surface area (Å²) in [6, 6.07) is 10.5. The lowest BCUT2D eigenvalue weighted by atomic mass is 9.68. The van der Waals surface area contributed by atoms with E-state index in [1.807, 2.05) is 6.07 Å². The van der Waals surface area contributed by atoms with E-state index in [9.17, 15) is 0 Å². The Morgan fingerprint density at radius 3 is 2.12 bits per heavy atom. The van der Waals surface area contributed by atoms with Gasteiger partial charge in [0.2, 0.25) is 0 Å². The van der Waals surface area contributed by atoms with Crippen molar-refractivity contribution in [1.82, 2.24) is 0 Å². The second-order valence-electron chi connectivity index (χ2n) is 8.84.